The van der Waals surface area contributed by atoms with E-state index in [9.17, 15) is 0 Å². The van der Waals surface area contributed by atoms with Crippen molar-refractivity contribution in [3.63, 3.8) is 0 Å². The second kappa shape index (κ2) is 6.49. The van der Waals surface area contributed by atoms with Gasteiger partial charge in [0.25, 0.3) is 0 Å². The molecule has 80 valence electrons. The first-order chi connectivity index (χ1) is 7.24. The van der Waals surface area contributed by atoms with Gasteiger partial charge in [-0.05, 0) is 24.6 Å². The average molecular weight is 268 g/mol. The molecule has 0 heterocycles. The number of benzene rings is 1. The van der Waals surface area contributed by atoms with Crippen molar-refractivity contribution in [2.24, 2.45) is 0 Å². The van der Waals surface area contributed by atoms with Crippen molar-refractivity contribution < 1.29 is 4.74 Å². The predicted octanol–water partition coefficient (Wildman–Crippen LogP) is 2.36. The van der Waals surface area contributed by atoms with Crippen LogP contribution < -0.4 is 10.1 Å². The Morgan fingerprint density at radius 3 is 3.07 bits per heavy atom. The molecule has 0 saturated carbocycles. The molecule has 0 aromatic heterocycles. The highest BCUT2D eigenvalue weighted by molar-refractivity contribution is 9.10. The van der Waals surface area contributed by atoms with Gasteiger partial charge in [-0.15, -0.1) is 6.42 Å². The van der Waals surface area contributed by atoms with Crippen molar-refractivity contribution in [1.29, 1.82) is 0 Å². The molecule has 1 rings (SSSR count). The van der Waals surface area contributed by atoms with Gasteiger partial charge in [0.15, 0.2) is 0 Å². The van der Waals surface area contributed by atoms with Crippen molar-refractivity contribution >= 4 is 15.9 Å². The first-order valence-corrected chi connectivity index (χ1v) is 5.56. The van der Waals surface area contributed by atoms with Crippen LogP contribution in [0.25, 0.3) is 0 Å². The van der Waals surface area contributed by atoms with Crippen LogP contribution in [0.3, 0.4) is 0 Å². The minimum absolute atomic E-state index is 0.584. The molecule has 0 radical (unpaired) electrons. The molecule has 0 amide bonds. The zero-order valence-corrected chi connectivity index (χ0v) is 10.3. The quantitative estimate of drug-likeness (QED) is 0.654. The van der Waals surface area contributed by atoms with E-state index in [0.717, 1.165) is 22.3 Å². The molecule has 0 bridgehead atoms. The van der Waals surface area contributed by atoms with E-state index in [4.69, 9.17) is 11.2 Å². The lowest BCUT2D eigenvalue weighted by Gasteiger charge is -2.09. The summed E-state index contributed by atoms with van der Waals surface area (Å²) in [7, 11) is 0. The van der Waals surface area contributed by atoms with Gasteiger partial charge in [0.2, 0.25) is 0 Å². The molecular formula is C12H14BrNO. The fourth-order valence-corrected chi connectivity index (χ4v) is 1.46. The number of hydrogen-bond acceptors (Lipinski definition) is 2. The van der Waals surface area contributed by atoms with E-state index in [-0.39, 0.29) is 0 Å². The van der Waals surface area contributed by atoms with Gasteiger partial charge < -0.3 is 10.1 Å². The zero-order chi connectivity index (χ0) is 11.1. The zero-order valence-electron chi connectivity index (χ0n) is 8.72. The van der Waals surface area contributed by atoms with Crippen LogP contribution in [0.2, 0.25) is 0 Å². The summed E-state index contributed by atoms with van der Waals surface area (Å²) < 4.78 is 6.63. The van der Waals surface area contributed by atoms with Crippen molar-refractivity contribution in [2.75, 3.05) is 19.7 Å². The fourth-order valence-electron chi connectivity index (χ4n) is 1.12. The van der Waals surface area contributed by atoms with Crippen LogP contribution in [-0.2, 0) is 0 Å². The second-order valence-corrected chi connectivity index (χ2v) is 4.05. The molecule has 1 aromatic rings. The Morgan fingerprint density at radius 1 is 1.53 bits per heavy atom. The topological polar surface area (TPSA) is 21.3 Å². The molecule has 0 spiro atoms. The van der Waals surface area contributed by atoms with E-state index in [2.05, 4.69) is 27.2 Å². The lowest BCUT2D eigenvalue weighted by Crippen LogP contribution is -2.21. The third-order valence-corrected chi connectivity index (χ3v) is 2.41. The highest BCUT2D eigenvalue weighted by atomic mass is 79.9. The van der Waals surface area contributed by atoms with E-state index < -0.39 is 0 Å². The smallest absolute Gasteiger partial charge is 0.123 e. The maximum atomic E-state index is 5.60. The molecule has 0 aliphatic heterocycles. The van der Waals surface area contributed by atoms with E-state index in [1.54, 1.807) is 0 Å². The fraction of sp³-hybridized carbons (Fsp3) is 0.333. The standard InChI is InChI=1S/C12H14BrNO/c1-3-6-14-7-8-15-12-9-11(13)5-4-10(12)2/h1,4-5,9,14H,6-8H2,2H3. The van der Waals surface area contributed by atoms with Gasteiger partial charge in [-0.2, -0.15) is 0 Å². The minimum atomic E-state index is 0.584. The van der Waals surface area contributed by atoms with Gasteiger partial charge in [-0.1, -0.05) is 27.9 Å². The van der Waals surface area contributed by atoms with E-state index in [1.165, 1.54) is 0 Å². The molecule has 0 saturated heterocycles. The Morgan fingerprint density at radius 2 is 2.33 bits per heavy atom. The van der Waals surface area contributed by atoms with Crippen molar-refractivity contribution in [2.45, 2.75) is 6.92 Å². The molecule has 0 fully saturated rings. The molecule has 2 nitrogen and oxygen atoms in total. The summed E-state index contributed by atoms with van der Waals surface area (Å²) in [4.78, 5) is 0. The van der Waals surface area contributed by atoms with Crippen LogP contribution in [0.1, 0.15) is 5.56 Å². The Hall–Kier alpha value is -0.980. The number of halogens is 1. The van der Waals surface area contributed by atoms with Crippen molar-refractivity contribution in [3.05, 3.63) is 28.2 Å². The van der Waals surface area contributed by atoms with Crippen LogP contribution >= 0.6 is 15.9 Å². The van der Waals surface area contributed by atoms with Crippen molar-refractivity contribution in [1.82, 2.24) is 5.32 Å². The molecule has 0 atom stereocenters. The maximum Gasteiger partial charge on any atom is 0.123 e. The van der Waals surface area contributed by atoms with Gasteiger partial charge in [0.05, 0.1) is 6.54 Å². The Labute approximate surface area is 99.2 Å². The third-order valence-electron chi connectivity index (χ3n) is 1.91. The molecule has 0 unspecified atom stereocenters. The van der Waals surface area contributed by atoms with Crippen LogP contribution in [-0.4, -0.2) is 19.7 Å². The van der Waals surface area contributed by atoms with Gasteiger partial charge in [-0.3, -0.25) is 0 Å². The highest BCUT2D eigenvalue weighted by Crippen LogP contribution is 2.22. The summed E-state index contributed by atoms with van der Waals surface area (Å²) in [6.07, 6.45) is 5.11. The lowest BCUT2D eigenvalue weighted by molar-refractivity contribution is 0.314. The third kappa shape index (κ3) is 4.37. The molecule has 1 N–H and O–H groups in total. The Bertz CT molecular complexity index is 357. The summed E-state index contributed by atoms with van der Waals surface area (Å²) in [5, 5.41) is 3.07. The first-order valence-electron chi connectivity index (χ1n) is 4.77. The van der Waals surface area contributed by atoms with Crippen LogP contribution in [0, 0.1) is 19.3 Å². The highest BCUT2D eigenvalue weighted by Gasteiger charge is 1.99. The largest absolute Gasteiger partial charge is 0.492 e. The normalized spacial score (nSPS) is 9.67. The molecule has 3 heteroatoms. The number of ether oxygens (including phenoxy) is 1. The molecule has 0 aliphatic carbocycles. The number of hydrogen-bond donors (Lipinski definition) is 1. The average Bonchev–Trinajstić information content (AvgIpc) is 2.23. The number of terminal acetylenes is 1. The Balaban J connectivity index is 2.37. The minimum Gasteiger partial charge on any atom is -0.492 e. The van der Waals surface area contributed by atoms with E-state index >= 15 is 0 Å². The van der Waals surface area contributed by atoms with Gasteiger partial charge >= 0.3 is 0 Å². The van der Waals surface area contributed by atoms with Gasteiger partial charge in [0.1, 0.15) is 12.4 Å². The SMILES string of the molecule is C#CCNCCOc1cc(Br)ccc1C. The summed E-state index contributed by atoms with van der Waals surface area (Å²) in [6, 6.07) is 5.99. The molecule has 0 aliphatic rings. The summed E-state index contributed by atoms with van der Waals surface area (Å²) >= 11 is 3.41. The Kier molecular flexibility index (Phi) is 5.23. The van der Waals surface area contributed by atoms with Gasteiger partial charge in [0, 0.05) is 11.0 Å². The molecule has 15 heavy (non-hydrogen) atoms. The first kappa shape index (κ1) is 12.1. The number of rotatable bonds is 5. The lowest BCUT2D eigenvalue weighted by atomic mass is 10.2. The molecular weight excluding hydrogens is 254 g/mol. The van der Waals surface area contributed by atoms with E-state index in [1.807, 2.05) is 25.1 Å². The van der Waals surface area contributed by atoms with Crippen LogP contribution in [0.15, 0.2) is 22.7 Å². The second-order valence-electron chi connectivity index (χ2n) is 3.14. The van der Waals surface area contributed by atoms with Crippen LogP contribution in [0.5, 0.6) is 5.75 Å². The maximum absolute atomic E-state index is 5.60. The predicted molar refractivity (Wildman–Crippen MR) is 66.1 cm³/mol. The van der Waals surface area contributed by atoms with E-state index in [0.29, 0.717) is 13.2 Å². The number of nitrogens with one attached hydrogen (secondary N) is 1. The van der Waals surface area contributed by atoms with Crippen LogP contribution in [0.4, 0.5) is 0 Å². The summed E-state index contributed by atoms with van der Waals surface area (Å²) in [5.41, 5.74) is 1.13. The van der Waals surface area contributed by atoms with Crippen molar-refractivity contribution in [3.8, 4) is 18.1 Å². The van der Waals surface area contributed by atoms with Gasteiger partial charge in [-0.25, -0.2) is 0 Å². The summed E-state index contributed by atoms with van der Waals surface area (Å²) in [5.74, 6) is 3.42. The summed E-state index contributed by atoms with van der Waals surface area (Å²) in [6.45, 7) is 3.99. The molecule has 1 aromatic carbocycles. The monoisotopic (exact) mass is 267 g/mol. The number of aryl methyl sites for hydroxylation is 1.